The molecule has 0 aliphatic carbocycles. The van der Waals surface area contributed by atoms with E-state index >= 15 is 0 Å². The Hall–Kier alpha value is -4.66. The van der Waals surface area contributed by atoms with Gasteiger partial charge >= 0.3 is 5.97 Å². The third-order valence-electron chi connectivity index (χ3n) is 8.45. The fourth-order valence-electron chi connectivity index (χ4n) is 5.90. The highest BCUT2D eigenvalue weighted by Crippen LogP contribution is 2.34. The number of hydrogen-bond acceptors (Lipinski definition) is 11. The molecule has 51 heavy (non-hydrogen) atoms. The number of ether oxygens (including phenoxy) is 2. The summed E-state index contributed by atoms with van der Waals surface area (Å²) in [5.41, 5.74) is 3.79. The molecule has 2 aromatic heterocycles. The number of carbonyl (C=O) groups is 1. The van der Waals surface area contributed by atoms with Gasteiger partial charge in [-0.15, -0.1) is 0 Å². The molecule has 0 radical (unpaired) electrons. The molecule has 5 rings (SSSR count). The van der Waals surface area contributed by atoms with Crippen LogP contribution < -0.4 is 19.7 Å². The molecular formula is C37H47N7O6S. The van der Waals surface area contributed by atoms with Crippen LogP contribution in [0.15, 0.2) is 65.8 Å². The summed E-state index contributed by atoms with van der Waals surface area (Å²) in [5.74, 6) is -0.400. The fourth-order valence-corrected chi connectivity index (χ4v) is 6.89. The zero-order valence-corrected chi connectivity index (χ0v) is 30.8. The van der Waals surface area contributed by atoms with Crippen molar-refractivity contribution in [3.8, 4) is 17.1 Å². The Bertz CT molecular complexity index is 1920. The van der Waals surface area contributed by atoms with Crippen molar-refractivity contribution in [3.63, 3.8) is 0 Å². The molecular weight excluding hydrogens is 671 g/mol. The van der Waals surface area contributed by atoms with Gasteiger partial charge in [0.25, 0.3) is 10.0 Å². The molecule has 2 aromatic carbocycles. The second kappa shape index (κ2) is 16.1. The van der Waals surface area contributed by atoms with Crippen molar-refractivity contribution in [3.05, 3.63) is 83.4 Å². The van der Waals surface area contributed by atoms with Crippen molar-refractivity contribution in [2.45, 2.75) is 71.4 Å². The maximum absolute atomic E-state index is 13.5. The van der Waals surface area contributed by atoms with Crippen molar-refractivity contribution in [2.24, 2.45) is 5.41 Å². The van der Waals surface area contributed by atoms with Gasteiger partial charge in [-0.2, -0.15) is 4.98 Å². The molecule has 0 spiro atoms. The number of rotatable bonds is 14. The van der Waals surface area contributed by atoms with Crippen LogP contribution in [0.2, 0.25) is 0 Å². The lowest BCUT2D eigenvalue weighted by atomic mass is 9.88. The molecule has 272 valence electrons. The largest absolute Gasteiger partial charge is 0.478 e. The van der Waals surface area contributed by atoms with Crippen molar-refractivity contribution < 1.29 is 27.8 Å². The smallest absolute Gasteiger partial charge is 0.335 e. The van der Waals surface area contributed by atoms with Crippen LogP contribution in [0.5, 0.6) is 5.88 Å². The second-order valence-corrected chi connectivity index (χ2v) is 15.8. The first-order valence-electron chi connectivity index (χ1n) is 17.0. The van der Waals surface area contributed by atoms with E-state index in [0.717, 1.165) is 42.4 Å². The molecule has 0 saturated carbocycles. The van der Waals surface area contributed by atoms with Crippen LogP contribution in [0.3, 0.4) is 0 Å². The van der Waals surface area contributed by atoms with E-state index in [1.807, 2.05) is 43.6 Å². The summed E-state index contributed by atoms with van der Waals surface area (Å²) in [5, 5.41) is 13.0. The molecule has 14 heteroatoms. The molecule has 4 aromatic rings. The van der Waals surface area contributed by atoms with Crippen molar-refractivity contribution >= 4 is 27.6 Å². The lowest BCUT2D eigenvalue weighted by molar-refractivity contribution is 0.0696. The monoisotopic (exact) mass is 717 g/mol. The van der Waals surface area contributed by atoms with Crippen molar-refractivity contribution in [2.75, 3.05) is 42.5 Å². The minimum Gasteiger partial charge on any atom is -0.478 e. The highest BCUT2D eigenvalue weighted by atomic mass is 32.2. The van der Waals surface area contributed by atoms with E-state index in [2.05, 4.69) is 69.5 Å². The van der Waals surface area contributed by atoms with Crippen molar-refractivity contribution in [1.82, 2.24) is 25.3 Å². The van der Waals surface area contributed by atoms with Crippen LogP contribution in [0.25, 0.3) is 11.3 Å². The summed E-state index contributed by atoms with van der Waals surface area (Å²) in [6, 6.07) is 12.8. The quantitative estimate of drug-likeness (QED) is 0.146. The van der Waals surface area contributed by atoms with Gasteiger partial charge < -0.3 is 24.8 Å². The van der Waals surface area contributed by atoms with E-state index in [4.69, 9.17) is 9.47 Å². The van der Waals surface area contributed by atoms with Crippen LogP contribution in [0.1, 0.15) is 74.3 Å². The Labute approximate surface area is 299 Å². The molecule has 13 nitrogen and oxygen atoms in total. The zero-order chi connectivity index (χ0) is 36.8. The van der Waals surface area contributed by atoms with Gasteiger partial charge in [0.2, 0.25) is 11.8 Å². The van der Waals surface area contributed by atoms with E-state index < -0.39 is 16.0 Å². The average molecular weight is 718 g/mol. The van der Waals surface area contributed by atoms with E-state index in [1.54, 1.807) is 0 Å². The molecule has 0 unspecified atom stereocenters. The van der Waals surface area contributed by atoms with Gasteiger partial charge in [-0.05, 0) is 48.4 Å². The van der Waals surface area contributed by atoms with Crippen molar-refractivity contribution in [1.29, 1.82) is 0 Å². The lowest BCUT2D eigenvalue weighted by Crippen LogP contribution is -2.38. The Morgan fingerprint density at radius 3 is 2.41 bits per heavy atom. The van der Waals surface area contributed by atoms with Gasteiger partial charge in [0, 0.05) is 30.3 Å². The average Bonchev–Trinajstić information content (AvgIpc) is 3.10. The van der Waals surface area contributed by atoms with E-state index in [0.29, 0.717) is 36.8 Å². The van der Waals surface area contributed by atoms with E-state index in [1.165, 1.54) is 18.2 Å². The van der Waals surface area contributed by atoms with Gasteiger partial charge in [0.05, 0.1) is 54.0 Å². The number of nitrogens with one attached hydrogen (secondary N) is 2. The summed E-state index contributed by atoms with van der Waals surface area (Å²) in [6.07, 6.45) is 4.43. The summed E-state index contributed by atoms with van der Waals surface area (Å²) in [4.78, 5) is 31.9. The SMILES string of the molecule is Cc1c(OC[C@@H](CC(C)(C)C)NCc2ncc(N3CCOCC3)cn2)nc(NS(=O)(=O)c2cccc(C(=O)O)c2)nc1-c1ccccc1C(C)C. The number of aromatic nitrogens is 4. The molecule has 0 bridgehead atoms. The summed E-state index contributed by atoms with van der Waals surface area (Å²) >= 11 is 0. The molecule has 1 aliphatic heterocycles. The van der Waals surface area contributed by atoms with Gasteiger partial charge in [-0.25, -0.2) is 32.9 Å². The number of morpholine rings is 1. The second-order valence-electron chi connectivity index (χ2n) is 14.1. The molecule has 0 amide bonds. The number of aromatic carboxylic acids is 1. The van der Waals surface area contributed by atoms with E-state index in [9.17, 15) is 18.3 Å². The predicted octanol–water partition coefficient (Wildman–Crippen LogP) is 5.67. The molecule has 3 heterocycles. The molecule has 1 saturated heterocycles. The summed E-state index contributed by atoms with van der Waals surface area (Å²) in [7, 11) is -4.26. The number of benzene rings is 2. The Kier molecular flexibility index (Phi) is 11.9. The summed E-state index contributed by atoms with van der Waals surface area (Å²) in [6.45, 7) is 16.1. The standard InChI is InChI=1S/C37H47N7O6S/c1-24(2)30-12-7-8-13-31(30)33-25(3)34(42-36(41-33)43-51(47,48)29-11-9-10-26(18-29)35(45)46)50-23-27(19-37(4,5)6)38-22-32-39-20-28(21-40-32)44-14-16-49-17-15-44/h7-13,18,20-21,24,27,38H,14-17,19,22-23H2,1-6H3,(H,45,46)(H,41,42,43)/t27-/m1/s1. The van der Waals surface area contributed by atoms with E-state index in [-0.39, 0.29) is 46.3 Å². The third-order valence-corrected chi connectivity index (χ3v) is 9.78. The van der Waals surface area contributed by atoms with Crippen LogP contribution in [0.4, 0.5) is 11.6 Å². The van der Waals surface area contributed by atoms with Crippen LogP contribution in [-0.4, -0.2) is 78.4 Å². The van der Waals surface area contributed by atoms with Crippen LogP contribution in [0, 0.1) is 12.3 Å². The molecule has 3 N–H and O–H groups in total. The summed E-state index contributed by atoms with van der Waals surface area (Å²) < 4.78 is 41.3. The first kappa shape index (κ1) is 37.6. The number of hydrogen-bond donors (Lipinski definition) is 3. The normalized spacial score (nSPS) is 14.4. The van der Waals surface area contributed by atoms with Gasteiger partial charge in [-0.1, -0.05) is 65.0 Å². The Morgan fingerprint density at radius 2 is 1.75 bits per heavy atom. The predicted molar refractivity (Wildman–Crippen MR) is 196 cm³/mol. The number of nitrogens with zero attached hydrogens (tertiary/aromatic N) is 5. The minimum absolute atomic E-state index is 0.0462. The topological polar surface area (TPSA) is 169 Å². The van der Waals surface area contributed by atoms with Crippen LogP contribution in [-0.2, 0) is 21.3 Å². The first-order valence-corrected chi connectivity index (χ1v) is 18.5. The zero-order valence-electron chi connectivity index (χ0n) is 30.0. The fraction of sp³-hybridized carbons (Fsp3) is 0.432. The maximum atomic E-state index is 13.5. The number of carboxylic acids is 1. The highest BCUT2D eigenvalue weighted by Gasteiger charge is 2.25. The number of sulfonamides is 1. The highest BCUT2D eigenvalue weighted by molar-refractivity contribution is 7.92. The molecule has 1 fully saturated rings. The third kappa shape index (κ3) is 9.99. The minimum atomic E-state index is -4.26. The van der Waals surface area contributed by atoms with Crippen LogP contribution >= 0.6 is 0 Å². The Balaban J connectivity index is 1.42. The van der Waals surface area contributed by atoms with Gasteiger partial charge in [0.1, 0.15) is 12.4 Å². The lowest BCUT2D eigenvalue weighted by Gasteiger charge is -2.28. The number of anilines is 2. The maximum Gasteiger partial charge on any atom is 0.335 e. The Morgan fingerprint density at radius 1 is 1.04 bits per heavy atom. The molecule has 1 aliphatic rings. The first-order chi connectivity index (χ1) is 24.2. The van der Waals surface area contributed by atoms with Gasteiger partial charge in [0.15, 0.2) is 0 Å². The number of carboxylic acid groups (broad SMARTS) is 1. The van der Waals surface area contributed by atoms with Gasteiger partial charge in [-0.3, -0.25) is 0 Å². The molecule has 1 atom stereocenters.